The van der Waals surface area contributed by atoms with Crippen molar-refractivity contribution in [3.8, 4) is 11.4 Å². The quantitative estimate of drug-likeness (QED) is 0.235. The number of amides is 1. The van der Waals surface area contributed by atoms with Gasteiger partial charge in [-0.1, -0.05) is 56.7 Å². The molecular formula is C28H28F3N3O5. The molecule has 0 bridgehead atoms. The predicted molar refractivity (Wildman–Crippen MR) is 137 cm³/mol. The van der Waals surface area contributed by atoms with Crippen LogP contribution in [0.4, 0.5) is 18.9 Å². The van der Waals surface area contributed by atoms with Crippen LogP contribution < -0.4 is 5.32 Å². The molecule has 11 heteroatoms. The fourth-order valence-electron chi connectivity index (χ4n) is 4.98. The summed E-state index contributed by atoms with van der Waals surface area (Å²) in [7, 11) is 0. The van der Waals surface area contributed by atoms with Gasteiger partial charge in [0, 0.05) is 16.9 Å². The number of aromatic amines is 1. The number of hydrogen-bond acceptors (Lipinski definition) is 4. The van der Waals surface area contributed by atoms with Crippen molar-refractivity contribution < 1.29 is 37.8 Å². The molecule has 4 N–H and O–H groups in total. The van der Waals surface area contributed by atoms with E-state index in [9.17, 15) is 37.8 Å². The Morgan fingerprint density at radius 3 is 2.15 bits per heavy atom. The van der Waals surface area contributed by atoms with E-state index in [1.807, 2.05) is 0 Å². The second-order valence-electron chi connectivity index (χ2n) is 9.72. The summed E-state index contributed by atoms with van der Waals surface area (Å²) in [5.74, 6) is -3.26. The molecule has 1 fully saturated rings. The Morgan fingerprint density at radius 2 is 1.56 bits per heavy atom. The van der Waals surface area contributed by atoms with E-state index in [0.29, 0.717) is 18.0 Å². The number of nitrogens with one attached hydrogen (secondary N) is 2. The van der Waals surface area contributed by atoms with Gasteiger partial charge < -0.3 is 20.5 Å². The van der Waals surface area contributed by atoms with Gasteiger partial charge in [0.25, 0.3) is 5.91 Å². The van der Waals surface area contributed by atoms with Crippen LogP contribution in [0.15, 0.2) is 42.5 Å². The Labute approximate surface area is 222 Å². The smallest absolute Gasteiger partial charge is 0.417 e. The number of aromatic carboxylic acids is 2. The molecule has 1 heterocycles. The van der Waals surface area contributed by atoms with Gasteiger partial charge in [-0.05, 0) is 43.0 Å². The van der Waals surface area contributed by atoms with Crippen molar-refractivity contribution in [3.05, 3.63) is 70.5 Å². The van der Waals surface area contributed by atoms with E-state index < -0.39 is 29.6 Å². The zero-order chi connectivity index (χ0) is 28.2. The molecule has 1 aliphatic rings. The molecule has 0 aliphatic heterocycles. The normalized spacial score (nSPS) is 14.5. The minimum Gasteiger partial charge on any atom is -0.478 e. The molecule has 206 valence electrons. The first kappa shape index (κ1) is 27.9. The van der Waals surface area contributed by atoms with E-state index in [2.05, 4.69) is 15.3 Å². The zero-order valence-electron chi connectivity index (χ0n) is 21.0. The molecule has 0 saturated heterocycles. The average molecular weight is 544 g/mol. The number of nitrogens with zero attached hydrogens (tertiary/aromatic N) is 1. The van der Waals surface area contributed by atoms with Crippen molar-refractivity contribution in [2.75, 3.05) is 5.32 Å². The Kier molecular flexibility index (Phi) is 8.37. The molecular weight excluding hydrogens is 515 g/mol. The molecule has 1 saturated carbocycles. The van der Waals surface area contributed by atoms with Crippen LogP contribution in [-0.4, -0.2) is 38.0 Å². The maximum atomic E-state index is 13.7. The predicted octanol–water partition coefficient (Wildman–Crippen LogP) is 6.65. The molecule has 1 aliphatic carbocycles. The van der Waals surface area contributed by atoms with Crippen molar-refractivity contribution >= 4 is 23.5 Å². The highest BCUT2D eigenvalue weighted by Gasteiger charge is 2.34. The second kappa shape index (κ2) is 11.7. The third kappa shape index (κ3) is 6.84. The van der Waals surface area contributed by atoms with Crippen molar-refractivity contribution in [2.24, 2.45) is 5.92 Å². The lowest BCUT2D eigenvalue weighted by Gasteiger charge is -2.13. The number of halogens is 3. The Balaban J connectivity index is 1.70. The first-order valence-corrected chi connectivity index (χ1v) is 12.7. The Hall–Kier alpha value is -4.15. The van der Waals surface area contributed by atoms with Crippen LogP contribution in [-0.2, 0) is 12.6 Å². The van der Waals surface area contributed by atoms with Crippen molar-refractivity contribution in [1.29, 1.82) is 0 Å². The molecule has 4 rings (SSSR count). The summed E-state index contributed by atoms with van der Waals surface area (Å²) in [5, 5.41) is 21.1. The van der Waals surface area contributed by atoms with E-state index in [4.69, 9.17) is 0 Å². The minimum absolute atomic E-state index is 0.0905. The van der Waals surface area contributed by atoms with Crippen LogP contribution in [0.5, 0.6) is 0 Å². The van der Waals surface area contributed by atoms with Gasteiger partial charge in [-0.25, -0.2) is 14.6 Å². The third-order valence-corrected chi connectivity index (χ3v) is 6.94. The summed E-state index contributed by atoms with van der Waals surface area (Å²) in [6, 6.07) is 8.09. The second-order valence-corrected chi connectivity index (χ2v) is 9.72. The fourth-order valence-corrected chi connectivity index (χ4v) is 4.98. The first-order chi connectivity index (χ1) is 18.5. The minimum atomic E-state index is -4.64. The highest BCUT2D eigenvalue weighted by molar-refractivity contribution is 6.05. The van der Waals surface area contributed by atoms with Gasteiger partial charge in [-0.3, -0.25) is 4.79 Å². The first-order valence-electron chi connectivity index (χ1n) is 12.7. The number of alkyl halides is 3. The van der Waals surface area contributed by atoms with Gasteiger partial charge in [0.2, 0.25) is 0 Å². The number of carbonyl (C=O) groups excluding carboxylic acids is 1. The number of H-pyrrole nitrogens is 1. The SMILES string of the molecule is O=C(O)c1cc(NC(=O)c2nc(-c3ccccc3C(F)(F)F)[nH]c2CCC2CCCCCC2)cc(C(=O)O)c1. The number of benzene rings is 2. The van der Waals surface area contributed by atoms with Gasteiger partial charge in [0.15, 0.2) is 0 Å². The molecule has 0 atom stereocenters. The molecule has 1 aromatic heterocycles. The summed E-state index contributed by atoms with van der Waals surface area (Å²) in [4.78, 5) is 43.4. The van der Waals surface area contributed by atoms with Crippen LogP contribution in [0.1, 0.15) is 87.4 Å². The van der Waals surface area contributed by atoms with Crippen LogP contribution >= 0.6 is 0 Å². The number of aryl methyl sites for hydroxylation is 1. The van der Waals surface area contributed by atoms with Gasteiger partial charge in [0.05, 0.1) is 16.7 Å². The van der Waals surface area contributed by atoms with Crippen molar-refractivity contribution in [3.63, 3.8) is 0 Å². The Morgan fingerprint density at radius 1 is 0.949 bits per heavy atom. The van der Waals surface area contributed by atoms with E-state index in [-0.39, 0.29) is 33.9 Å². The molecule has 8 nitrogen and oxygen atoms in total. The number of rotatable bonds is 8. The van der Waals surface area contributed by atoms with Crippen molar-refractivity contribution in [1.82, 2.24) is 9.97 Å². The summed E-state index contributed by atoms with van der Waals surface area (Å²) in [6.07, 6.45) is 3.09. The number of carboxylic acid groups (broad SMARTS) is 2. The van der Waals surface area contributed by atoms with Gasteiger partial charge in [-0.2, -0.15) is 13.2 Å². The van der Waals surface area contributed by atoms with Crippen LogP contribution in [0, 0.1) is 5.92 Å². The largest absolute Gasteiger partial charge is 0.478 e. The number of carbonyl (C=O) groups is 3. The van der Waals surface area contributed by atoms with E-state index in [1.165, 1.54) is 31.0 Å². The number of imidazole rings is 1. The topological polar surface area (TPSA) is 132 Å². The fraction of sp³-hybridized carbons (Fsp3) is 0.357. The van der Waals surface area contributed by atoms with E-state index in [0.717, 1.165) is 56.4 Å². The Bertz CT molecular complexity index is 1340. The highest BCUT2D eigenvalue weighted by Crippen LogP contribution is 2.36. The molecule has 0 spiro atoms. The molecule has 1 amide bonds. The maximum absolute atomic E-state index is 13.7. The zero-order valence-corrected chi connectivity index (χ0v) is 21.0. The average Bonchev–Trinajstić information content (AvgIpc) is 3.14. The highest BCUT2D eigenvalue weighted by atomic mass is 19.4. The lowest BCUT2D eigenvalue weighted by atomic mass is 9.94. The third-order valence-electron chi connectivity index (χ3n) is 6.94. The van der Waals surface area contributed by atoms with Gasteiger partial charge in [-0.15, -0.1) is 0 Å². The molecule has 0 radical (unpaired) electrons. The lowest BCUT2D eigenvalue weighted by molar-refractivity contribution is -0.137. The molecule has 0 unspecified atom stereocenters. The summed E-state index contributed by atoms with van der Waals surface area (Å²) in [6.45, 7) is 0. The molecule has 2 aromatic carbocycles. The van der Waals surface area contributed by atoms with Gasteiger partial charge in [0.1, 0.15) is 11.5 Å². The standard InChI is InChI=1S/C28H28F3N3O5/c29-28(30,31)21-10-6-5-9-20(21)24-33-22(12-11-16-7-3-1-2-4-8-16)23(34-24)25(35)32-19-14-17(26(36)37)13-18(15-19)27(38)39/h5-6,9-10,13-16H,1-4,7-8,11-12H2,(H,32,35)(H,33,34)(H,36,37)(H,38,39). The lowest BCUT2D eigenvalue weighted by Crippen LogP contribution is -2.16. The van der Waals surface area contributed by atoms with Crippen LogP contribution in [0.3, 0.4) is 0 Å². The monoisotopic (exact) mass is 543 g/mol. The maximum Gasteiger partial charge on any atom is 0.417 e. The van der Waals surface area contributed by atoms with Gasteiger partial charge >= 0.3 is 18.1 Å². The summed E-state index contributed by atoms with van der Waals surface area (Å²) >= 11 is 0. The van der Waals surface area contributed by atoms with Crippen LogP contribution in [0.2, 0.25) is 0 Å². The van der Waals surface area contributed by atoms with Crippen LogP contribution in [0.25, 0.3) is 11.4 Å². The summed E-state index contributed by atoms with van der Waals surface area (Å²) in [5.41, 5.74) is -1.67. The number of hydrogen-bond donors (Lipinski definition) is 4. The summed E-state index contributed by atoms with van der Waals surface area (Å²) < 4.78 is 41.1. The number of anilines is 1. The van der Waals surface area contributed by atoms with E-state index >= 15 is 0 Å². The number of carboxylic acids is 2. The molecule has 3 aromatic rings. The van der Waals surface area contributed by atoms with Crippen molar-refractivity contribution in [2.45, 2.75) is 57.5 Å². The van der Waals surface area contributed by atoms with E-state index in [1.54, 1.807) is 0 Å². The molecule has 39 heavy (non-hydrogen) atoms. The number of aromatic nitrogens is 2.